The van der Waals surface area contributed by atoms with Gasteiger partial charge in [0.25, 0.3) is 0 Å². The average molecular weight is 243 g/mol. The zero-order valence-corrected chi connectivity index (χ0v) is 10.9. The zero-order valence-electron chi connectivity index (χ0n) is 9.34. The van der Waals surface area contributed by atoms with Gasteiger partial charge in [0.15, 0.2) is 0 Å². The van der Waals surface area contributed by atoms with E-state index in [4.69, 9.17) is 11.6 Å². The maximum Gasteiger partial charge on any atom is 0.0223 e. The molecule has 1 aromatic carbocycles. The molecule has 0 amide bonds. The third-order valence-corrected chi connectivity index (χ3v) is 3.68. The molecule has 0 aromatic heterocycles. The molecule has 0 aliphatic rings. The molecule has 1 rings (SSSR count). The van der Waals surface area contributed by atoms with E-state index in [0.29, 0.717) is 0 Å². The Morgan fingerprint density at radius 2 is 1.67 bits per heavy atom. The summed E-state index contributed by atoms with van der Waals surface area (Å²) in [5.74, 6) is 2.04. The van der Waals surface area contributed by atoms with E-state index in [1.54, 1.807) is 0 Å². The first-order valence-corrected chi connectivity index (χ1v) is 7.10. The van der Waals surface area contributed by atoms with E-state index in [1.807, 2.05) is 11.8 Å². The Hall–Kier alpha value is -0.140. The van der Waals surface area contributed by atoms with Crippen molar-refractivity contribution < 1.29 is 0 Å². The molecule has 0 spiro atoms. The van der Waals surface area contributed by atoms with E-state index in [2.05, 4.69) is 31.2 Å². The van der Waals surface area contributed by atoms with Crippen LogP contribution >= 0.6 is 23.4 Å². The number of unbranched alkanes of at least 4 members (excludes halogenated alkanes) is 3. The molecular formula is C13H19ClS. The summed E-state index contributed by atoms with van der Waals surface area (Å²) < 4.78 is 0. The second-order valence-corrected chi connectivity index (χ2v) is 5.31. The van der Waals surface area contributed by atoms with E-state index in [0.717, 1.165) is 12.3 Å². The molecule has 0 radical (unpaired) electrons. The summed E-state index contributed by atoms with van der Waals surface area (Å²) >= 11 is 7.57. The molecule has 0 aliphatic heterocycles. The molecule has 0 aliphatic carbocycles. The number of alkyl halides is 1. The molecule has 0 N–H and O–H groups in total. The highest BCUT2D eigenvalue weighted by molar-refractivity contribution is 7.99. The van der Waals surface area contributed by atoms with Crippen LogP contribution in [0.15, 0.2) is 29.2 Å². The van der Waals surface area contributed by atoms with Crippen molar-refractivity contribution in [1.82, 2.24) is 0 Å². The predicted octanol–water partition coefficient (Wildman–Crippen LogP) is 4.89. The van der Waals surface area contributed by atoms with E-state index >= 15 is 0 Å². The van der Waals surface area contributed by atoms with Crippen LogP contribution in [0.3, 0.4) is 0 Å². The fourth-order valence-corrected chi connectivity index (χ4v) is 2.48. The molecule has 0 saturated heterocycles. The lowest BCUT2D eigenvalue weighted by Crippen LogP contribution is -1.83. The molecule has 84 valence electrons. The fourth-order valence-electron chi connectivity index (χ4n) is 1.37. The van der Waals surface area contributed by atoms with E-state index in [-0.39, 0.29) is 0 Å². The van der Waals surface area contributed by atoms with Gasteiger partial charge in [0, 0.05) is 10.8 Å². The van der Waals surface area contributed by atoms with Gasteiger partial charge in [-0.3, -0.25) is 0 Å². The van der Waals surface area contributed by atoms with Crippen LogP contribution in [-0.2, 0) is 0 Å². The van der Waals surface area contributed by atoms with Gasteiger partial charge in [-0.2, -0.15) is 0 Å². The molecule has 0 bridgehead atoms. The fraction of sp³-hybridized carbons (Fsp3) is 0.538. The molecule has 0 heterocycles. The first-order valence-electron chi connectivity index (χ1n) is 5.58. The van der Waals surface area contributed by atoms with Crippen LogP contribution in [0.4, 0.5) is 0 Å². The quantitative estimate of drug-likeness (QED) is 0.373. The lowest BCUT2D eigenvalue weighted by atomic mass is 10.2. The second-order valence-electron chi connectivity index (χ2n) is 3.76. The summed E-state index contributed by atoms with van der Waals surface area (Å²) in [7, 11) is 0. The largest absolute Gasteiger partial charge is 0.127 e. The van der Waals surface area contributed by atoms with Crippen LogP contribution in [0.2, 0.25) is 0 Å². The maximum atomic E-state index is 5.62. The first-order chi connectivity index (χ1) is 7.33. The van der Waals surface area contributed by atoms with Gasteiger partial charge in [0.2, 0.25) is 0 Å². The van der Waals surface area contributed by atoms with Crippen LogP contribution < -0.4 is 0 Å². The van der Waals surface area contributed by atoms with Crippen molar-refractivity contribution in [3.05, 3.63) is 29.8 Å². The van der Waals surface area contributed by atoms with Gasteiger partial charge in [-0.25, -0.2) is 0 Å². The van der Waals surface area contributed by atoms with E-state index < -0.39 is 0 Å². The first kappa shape index (κ1) is 12.9. The number of thioether (sulfide) groups is 1. The minimum absolute atomic E-state index is 0.811. The lowest BCUT2D eigenvalue weighted by molar-refractivity contribution is 0.709. The summed E-state index contributed by atoms with van der Waals surface area (Å²) in [6.45, 7) is 2.13. The number of benzene rings is 1. The lowest BCUT2D eigenvalue weighted by Gasteiger charge is -2.02. The summed E-state index contributed by atoms with van der Waals surface area (Å²) in [6, 6.07) is 8.77. The minimum Gasteiger partial charge on any atom is -0.127 e. The molecule has 0 nitrogen and oxygen atoms in total. The van der Waals surface area contributed by atoms with Gasteiger partial charge in [0.1, 0.15) is 0 Å². The summed E-state index contributed by atoms with van der Waals surface area (Å²) in [5, 5.41) is 0. The standard InChI is InChI=1S/C13H19ClS/c1-12-6-8-13(9-7-12)15-11-5-3-2-4-10-14/h6-9H,2-5,10-11H2,1H3. The third kappa shape index (κ3) is 6.11. The Morgan fingerprint density at radius 1 is 1.00 bits per heavy atom. The van der Waals surface area contributed by atoms with Crippen LogP contribution in [0.5, 0.6) is 0 Å². The van der Waals surface area contributed by atoms with Crippen LogP contribution in [0.25, 0.3) is 0 Å². The Morgan fingerprint density at radius 3 is 2.33 bits per heavy atom. The van der Waals surface area contributed by atoms with Crippen molar-refractivity contribution in [1.29, 1.82) is 0 Å². The molecule has 15 heavy (non-hydrogen) atoms. The number of rotatable bonds is 7. The van der Waals surface area contributed by atoms with Crippen molar-refractivity contribution in [3.8, 4) is 0 Å². The monoisotopic (exact) mass is 242 g/mol. The molecule has 0 fully saturated rings. The molecular weight excluding hydrogens is 224 g/mol. The summed E-state index contributed by atoms with van der Waals surface area (Å²) in [5.41, 5.74) is 1.33. The summed E-state index contributed by atoms with van der Waals surface area (Å²) in [4.78, 5) is 1.39. The van der Waals surface area contributed by atoms with Crippen molar-refractivity contribution in [2.45, 2.75) is 37.5 Å². The molecule has 0 atom stereocenters. The van der Waals surface area contributed by atoms with Crippen molar-refractivity contribution in [3.63, 3.8) is 0 Å². The minimum atomic E-state index is 0.811. The highest BCUT2D eigenvalue weighted by Gasteiger charge is 1.94. The number of hydrogen-bond acceptors (Lipinski definition) is 1. The Kier molecular flexibility index (Phi) is 6.95. The second kappa shape index (κ2) is 8.06. The zero-order chi connectivity index (χ0) is 10.9. The number of aryl methyl sites for hydroxylation is 1. The topological polar surface area (TPSA) is 0 Å². The average Bonchev–Trinajstić information content (AvgIpc) is 2.26. The molecule has 0 saturated carbocycles. The Bertz CT molecular complexity index is 256. The van der Waals surface area contributed by atoms with Crippen molar-refractivity contribution in [2.75, 3.05) is 11.6 Å². The molecule has 2 heteroatoms. The normalized spacial score (nSPS) is 10.5. The smallest absolute Gasteiger partial charge is 0.0223 e. The third-order valence-electron chi connectivity index (χ3n) is 2.32. The Balaban J connectivity index is 2.07. The Labute approximate surface area is 102 Å². The van der Waals surface area contributed by atoms with E-state index in [9.17, 15) is 0 Å². The van der Waals surface area contributed by atoms with Crippen molar-refractivity contribution >= 4 is 23.4 Å². The van der Waals surface area contributed by atoms with E-state index in [1.165, 1.54) is 35.5 Å². The van der Waals surface area contributed by atoms with Crippen LogP contribution in [0, 0.1) is 6.92 Å². The van der Waals surface area contributed by atoms with Gasteiger partial charge in [0.05, 0.1) is 0 Å². The highest BCUT2D eigenvalue weighted by Crippen LogP contribution is 2.20. The van der Waals surface area contributed by atoms with Gasteiger partial charge in [-0.15, -0.1) is 23.4 Å². The highest BCUT2D eigenvalue weighted by atomic mass is 35.5. The SMILES string of the molecule is Cc1ccc(SCCCCCCCl)cc1. The van der Waals surface area contributed by atoms with Crippen LogP contribution in [-0.4, -0.2) is 11.6 Å². The van der Waals surface area contributed by atoms with Gasteiger partial charge in [-0.1, -0.05) is 30.5 Å². The van der Waals surface area contributed by atoms with Gasteiger partial charge >= 0.3 is 0 Å². The van der Waals surface area contributed by atoms with Gasteiger partial charge < -0.3 is 0 Å². The summed E-state index contributed by atoms with van der Waals surface area (Å²) in [6.07, 6.45) is 5.05. The molecule has 1 aromatic rings. The van der Waals surface area contributed by atoms with Gasteiger partial charge in [-0.05, 0) is 37.7 Å². The number of halogens is 1. The van der Waals surface area contributed by atoms with Crippen LogP contribution in [0.1, 0.15) is 31.2 Å². The van der Waals surface area contributed by atoms with Crippen molar-refractivity contribution in [2.24, 2.45) is 0 Å². The maximum absolute atomic E-state index is 5.62. The number of hydrogen-bond donors (Lipinski definition) is 0. The molecule has 0 unspecified atom stereocenters. The predicted molar refractivity (Wildman–Crippen MR) is 71.1 cm³/mol.